The summed E-state index contributed by atoms with van der Waals surface area (Å²) in [6, 6.07) is 9.48. The quantitative estimate of drug-likeness (QED) is 0.690. The molecule has 1 aromatic carbocycles. The molecule has 0 heterocycles. The molecule has 1 atom stereocenters. The zero-order chi connectivity index (χ0) is 15.8. The van der Waals surface area contributed by atoms with Crippen molar-refractivity contribution in [3.63, 3.8) is 0 Å². The maximum atomic E-state index is 12.5. The van der Waals surface area contributed by atoms with Crippen LogP contribution in [0.5, 0.6) is 0 Å². The Balaban J connectivity index is -0.00000121. The average molecular weight is 315 g/mol. The second-order valence-electron chi connectivity index (χ2n) is 6.51. The molecule has 23 heavy (non-hydrogen) atoms. The number of allylic oxidation sites excluding steroid dienone is 4. The first-order valence-corrected chi connectivity index (χ1v) is 10.5. The average Bonchev–Trinajstić information content (AvgIpc) is 2.63. The Hall–Kier alpha value is -0.418. The molecule has 0 aromatic heterocycles. The molecular weight excluding hydrogens is 288 g/mol. The maximum absolute atomic E-state index is 12.5. The number of amides is 1. The normalized spacial score (nSPS) is 17.6. The third-order valence-corrected chi connectivity index (χ3v) is 7.78. The molecular formula is C18H27Li2NOSi. The molecule has 0 spiro atoms. The van der Waals surface area contributed by atoms with E-state index in [-0.39, 0.29) is 46.5 Å². The fourth-order valence-corrected chi connectivity index (χ4v) is 6.66. The van der Waals surface area contributed by atoms with Gasteiger partial charge in [-0.1, -0.05) is 41.5 Å². The van der Waals surface area contributed by atoms with Crippen LogP contribution >= 0.6 is 0 Å². The van der Waals surface area contributed by atoms with Gasteiger partial charge < -0.3 is 7.84 Å². The Labute approximate surface area is 168 Å². The van der Waals surface area contributed by atoms with Gasteiger partial charge in [0.15, 0.2) is 8.24 Å². The van der Waals surface area contributed by atoms with Crippen LogP contribution in [-0.2, 0) is 0 Å². The molecule has 0 saturated heterocycles. The second kappa shape index (κ2) is 8.61. The second-order valence-corrected chi connectivity index (χ2v) is 10.6. The monoisotopic (exact) mass is 315 g/mol. The number of rotatable bonds is 3. The maximum Gasteiger partial charge on any atom is 1.00 e. The van der Waals surface area contributed by atoms with Crippen LogP contribution in [0.4, 0.5) is 0 Å². The van der Waals surface area contributed by atoms with E-state index in [9.17, 15) is 4.79 Å². The summed E-state index contributed by atoms with van der Waals surface area (Å²) < 4.78 is 0. The number of benzene rings is 1. The van der Waals surface area contributed by atoms with Crippen molar-refractivity contribution in [2.45, 2.75) is 40.8 Å². The fourth-order valence-electron chi connectivity index (χ4n) is 3.39. The Morgan fingerprint density at radius 3 is 2.00 bits per heavy atom. The summed E-state index contributed by atoms with van der Waals surface area (Å²) in [6.45, 7) is 13.3. The molecule has 2 rings (SSSR count). The van der Waals surface area contributed by atoms with Crippen LogP contribution in [0.1, 0.15) is 40.9 Å². The molecule has 5 heteroatoms. The summed E-state index contributed by atoms with van der Waals surface area (Å²) >= 11 is 0. The van der Waals surface area contributed by atoms with Gasteiger partial charge >= 0.3 is 37.7 Å². The number of carbonyl (C=O) groups excluding carboxylic acids is 1. The predicted molar refractivity (Wildman–Crippen MR) is 93.9 cm³/mol. The molecule has 1 aromatic rings. The molecule has 0 aliphatic heterocycles. The van der Waals surface area contributed by atoms with Crippen molar-refractivity contribution >= 4 is 14.1 Å². The summed E-state index contributed by atoms with van der Waals surface area (Å²) in [6.07, 6.45) is 0. The summed E-state index contributed by atoms with van der Waals surface area (Å²) in [7, 11) is -1.99. The van der Waals surface area contributed by atoms with Crippen molar-refractivity contribution in [3.05, 3.63) is 57.8 Å². The van der Waals surface area contributed by atoms with Gasteiger partial charge in [0.25, 0.3) is 0 Å². The zero-order valence-electron chi connectivity index (χ0n) is 17.9. The molecule has 1 unspecified atom stereocenters. The number of nitrogens with one attached hydrogen (secondary N) is 1. The minimum atomic E-state index is -1.99. The zero-order valence-corrected chi connectivity index (χ0v) is 16.9. The van der Waals surface area contributed by atoms with E-state index in [1.165, 1.54) is 21.9 Å². The smallest absolute Gasteiger partial charge is 1.00 e. The molecule has 0 saturated carbocycles. The molecule has 0 fully saturated rings. The molecule has 1 N–H and O–H groups in total. The Kier molecular flexibility index (Phi) is 8.46. The van der Waals surface area contributed by atoms with Gasteiger partial charge in [-0.05, 0) is 57.5 Å². The van der Waals surface area contributed by atoms with Crippen molar-refractivity contribution in [2.75, 3.05) is 0 Å². The van der Waals surface area contributed by atoms with Crippen LogP contribution in [-0.4, -0.2) is 14.1 Å². The third-order valence-electron chi connectivity index (χ3n) is 4.78. The Morgan fingerprint density at radius 1 is 1.04 bits per heavy atom. The van der Waals surface area contributed by atoms with E-state index in [1.807, 2.05) is 30.3 Å². The van der Waals surface area contributed by atoms with E-state index in [0.717, 1.165) is 5.56 Å². The Morgan fingerprint density at radius 2 is 1.57 bits per heavy atom. The van der Waals surface area contributed by atoms with Crippen LogP contribution in [0.3, 0.4) is 0 Å². The van der Waals surface area contributed by atoms with Gasteiger partial charge in [0, 0.05) is 5.56 Å². The van der Waals surface area contributed by atoms with Crippen molar-refractivity contribution in [3.8, 4) is 0 Å². The minimum absolute atomic E-state index is 0. The van der Waals surface area contributed by atoms with Gasteiger partial charge in [-0.15, -0.1) is 0 Å². The van der Waals surface area contributed by atoms with E-state index in [1.54, 1.807) is 0 Å². The molecule has 1 amide bonds. The van der Waals surface area contributed by atoms with Crippen LogP contribution < -0.4 is 42.7 Å². The summed E-state index contributed by atoms with van der Waals surface area (Å²) in [5.41, 5.74) is 4.96. The van der Waals surface area contributed by atoms with E-state index in [0.29, 0.717) is 5.92 Å². The molecule has 0 bridgehead atoms. The van der Waals surface area contributed by atoms with Gasteiger partial charge in [-0.2, -0.15) is 0 Å². The third kappa shape index (κ3) is 4.56. The minimum Gasteiger partial charge on any atom is -1.00 e. The van der Waals surface area contributed by atoms with Gasteiger partial charge in [0.05, 0.1) is 0 Å². The standard InChI is InChI=1S/C18H25NOSi.2Li.2H/c1-12-13(2)15(4)17(14(12)3)21(5,6)19-18(20)16-10-8-7-9-11-16;;;;/h7-11,14H,1-6H3,(H,19,20);;;;/q;2*+1;2*-1. The topological polar surface area (TPSA) is 29.1 Å². The van der Waals surface area contributed by atoms with Crippen LogP contribution in [0.25, 0.3) is 0 Å². The van der Waals surface area contributed by atoms with Crippen LogP contribution in [0, 0.1) is 5.92 Å². The van der Waals surface area contributed by atoms with Gasteiger partial charge in [0.1, 0.15) is 0 Å². The molecule has 1 aliphatic rings. The van der Waals surface area contributed by atoms with Crippen molar-refractivity contribution in [1.29, 1.82) is 0 Å². The predicted octanol–water partition coefficient (Wildman–Crippen LogP) is -1.30. The fraction of sp³-hybridized carbons (Fsp3) is 0.389. The van der Waals surface area contributed by atoms with E-state index in [4.69, 9.17) is 0 Å². The first-order valence-electron chi connectivity index (χ1n) is 7.52. The molecule has 1 aliphatic carbocycles. The summed E-state index contributed by atoms with van der Waals surface area (Å²) in [5.74, 6) is 0.490. The molecule has 0 radical (unpaired) electrons. The number of hydrogen-bond acceptors (Lipinski definition) is 1. The summed E-state index contributed by atoms with van der Waals surface area (Å²) in [4.78, 5) is 15.8. The van der Waals surface area contributed by atoms with E-state index in [2.05, 4.69) is 45.8 Å². The SMILES string of the molecule is CC1=C(C)C(C)C([Si](C)(C)NC(=O)c2ccccc2)=C1C.[H-].[H-].[Li+].[Li+]. The van der Waals surface area contributed by atoms with E-state index >= 15 is 0 Å². The largest absolute Gasteiger partial charge is 1.00 e. The van der Waals surface area contributed by atoms with Gasteiger partial charge in [-0.25, -0.2) is 0 Å². The van der Waals surface area contributed by atoms with Crippen molar-refractivity contribution in [1.82, 2.24) is 4.98 Å². The van der Waals surface area contributed by atoms with Crippen LogP contribution in [0.2, 0.25) is 13.1 Å². The van der Waals surface area contributed by atoms with Crippen molar-refractivity contribution < 1.29 is 45.4 Å². The van der Waals surface area contributed by atoms with Gasteiger partial charge in [0.2, 0.25) is 5.91 Å². The number of hydrogen-bond donors (Lipinski definition) is 1. The van der Waals surface area contributed by atoms with Crippen LogP contribution in [0.15, 0.2) is 52.2 Å². The first-order chi connectivity index (χ1) is 9.75. The summed E-state index contributed by atoms with van der Waals surface area (Å²) in [5, 5.41) is 1.46. The molecule has 2 nitrogen and oxygen atoms in total. The Bertz CT molecular complexity index is 646. The van der Waals surface area contributed by atoms with Crippen molar-refractivity contribution in [2.24, 2.45) is 5.92 Å². The first kappa shape index (κ1) is 22.6. The molecule has 116 valence electrons. The van der Waals surface area contributed by atoms with E-state index < -0.39 is 8.24 Å². The van der Waals surface area contributed by atoms with Gasteiger partial charge in [-0.3, -0.25) is 4.79 Å². The number of carbonyl (C=O) groups is 1.